The highest BCUT2D eigenvalue weighted by Gasteiger charge is 2.60. The Morgan fingerprint density at radius 3 is 1.27 bits per heavy atom. The number of aliphatic hydroxyl groups is 13. The minimum atomic E-state index is -2.05. The van der Waals surface area contributed by atoms with Crippen LogP contribution in [-0.2, 0) is 110 Å². The molecule has 5 heterocycles. The van der Waals surface area contributed by atoms with Crippen molar-refractivity contribution in [2.24, 2.45) is 0 Å². The third-order valence-corrected chi connectivity index (χ3v) is 21.7. The van der Waals surface area contributed by atoms with Crippen molar-refractivity contribution in [2.75, 3.05) is 63.2 Å². The fraction of sp³-hybridized carbons (Fsp3) is 0.632. The molecule has 13 N–H and O–H groups in total. The Bertz CT molecular complexity index is 3470. The summed E-state index contributed by atoms with van der Waals surface area (Å²) in [6, 6.07) is 38.6. The van der Waals surface area contributed by atoms with Crippen molar-refractivity contribution in [3.05, 3.63) is 144 Å². The van der Waals surface area contributed by atoms with Gasteiger partial charge in [-0.05, 0) is 42.4 Å². The first-order valence-corrected chi connectivity index (χ1v) is 39.9. The van der Waals surface area contributed by atoms with Crippen LogP contribution in [0.15, 0.2) is 121 Å². The zero-order valence-corrected chi connectivity index (χ0v) is 66.6. The predicted octanol–water partition coefficient (Wildman–Crippen LogP) is 2.46. The van der Waals surface area contributed by atoms with Gasteiger partial charge in [-0.2, -0.15) is 0 Å². The molecule has 5 fully saturated rings. The maximum Gasteiger partial charge on any atom is 0.305 e. The van der Waals surface area contributed by atoms with E-state index in [0.29, 0.717) is 0 Å². The van der Waals surface area contributed by atoms with Gasteiger partial charge in [-0.25, -0.2) is 0 Å². The van der Waals surface area contributed by atoms with Crippen LogP contribution in [-0.4, -0.2) is 310 Å². The smallest absolute Gasteiger partial charge is 0.305 e. The summed E-state index contributed by atoms with van der Waals surface area (Å²) in [5.41, 5.74) is 3.56. The molecule has 0 radical (unpaired) electrons. The molecule has 5 aliphatic rings. The highest BCUT2D eigenvalue weighted by Crippen LogP contribution is 2.41. The van der Waals surface area contributed by atoms with E-state index < -0.39 is 225 Å². The number of carbonyl (C=O) groups is 4. The Balaban J connectivity index is 0.000000357. The van der Waals surface area contributed by atoms with Crippen LogP contribution in [0.3, 0.4) is 0 Å². The molecule has 0 spiro atoms. The van der Waals surface area contributed by atoms with E-state index in [2.05, 4.69) is 0 Å². The highest BCUT2D eigenvalue weighted by atomic mass is 35.5. The van der Waals surface area contributed by atoms with Gasteiger partial charge in [0, 0.05) is 31.2 Å². The van der Waals surface area contributed by atoms with E-state index in [9.17, 15) is 80.5 Å². The molecule has 115 heavy (non-hydrogen) atoms. The molecule has 39 heteroatoms. The third kappa shape index (κ3) is 27.7. The van der Waals surface area contributed by atoms with Crippen LogP contribution in [0.25, 0.3) is 0 Å². The van der Waals surface area contributed by atoms with E-state index in [4.69, 9.17) is 146 Å². The Hall–Kier alpha value is -4.53. The Labute approximate surface area is 692 Å². The Morgan fingerprint density at radius 2 is 0.861 bits per heavy atom. The molecule has 0 saturated carbocycles. The van der Waals surface area contributed by atoms with E-state index in [1.54, 1.807) is 0 Å². The molecule has 0 aromatic heterocycles. The van der Waals surface area contributed by atoms with Crippen molar-refractivity contribution in [2.45, 2.75) is 234 Å². The standard InChI is InChI=1S/C52H61Cl3O16.C24H39Cl3O16.FH/c53-25-37-44(58)49(61)52(32-54,70-37)71-51-46(60)45(59)43(55)38(68-51)29-64-41(56)23-13-14-24-42(57)65-30-39(62-26-33-15-5-1-6-16-33)47(66-28-35-19-9-3-10-20-35)48-40(63-27-34-17-7-2-8-18-34)31-67-50(69-48)36-21-11-4-12-22-36;25-5-12-19(35)22(38)24(9-26,42-12)43-23-21(37)20(36)16(27)13(41-23)8-40-15(32)4-2-1-3-14(31)39-7-11(30)18(34)17(33)10(29)6-28;/h1-12,15-22,37-40,43-51,58-61H,13-14,23-32H2;10-13,16-23,28-30,33-38H,1-9H2;1H/t37-,38?,39+,40+,43+,44?,45+,46?,47?,48?,49-,50-,51-,52+;10-,11-,12-,13?,16+,17-,18-,19?,20+,21?,22-,23-,24+;/m11./s1. The molecule has 0 amide bonds. The van der Waals surface area contributed by atoms with Gasteiger partial charge in [0.2, 0.25) is 11.6 Å². The summed E-state index contributed by atoms with van der Waals surface area (Å²) >= 11 is 36.1. The molecule has 0 bridgehead atoms. The van der Waals surface area contributed by atoms with E-state index in [0.717, 1.165) is 22.3 Å². The van der Waals surface area contributed by atoms with E-state index in [1.165, 1.54) is 0 Å². The largest absolute Gasteiger partial charge is 0.463 e. The number of carbonyl (C=O) groups excluding carboxylic acids is 4. The average molecular weight is 1760 g/mol. The lowest BCUT2D eigenvalue weighted by molar-refractivity contribution is -0.358. The van der Waals surface area contributed by atoms with Crippen LogP contribution < -0.4 is 0 Å². The van der Waals surface area contributed by atoms with Gasteiger partial charge in [-0.1, -0.05) is 121 Å². The van der Waals surface area contributed by atoms with Crippen molar-refractivity contribution in [1.29, 1.82) is 0 Å². The lowest BCUT2D eigenvalue weighted by atomic mass is 10.0. The molecule has 0 aliphatic carbocycles. The van der Waals surface area contributed by atoms with Crippen molar-refractivity contribution in [3.8, 4) is 0 Å². The molecule has 5 saturated heterocycles. The molecule has 5 aliphatic heterocycles. The molecule has 4 aromatic carbocycles. The van der Waals surface area contributed by atoms with Crippen LogP contribution >= 0.6 is 69.6 Å². The average Bonchev–Trinajstić information content (AvgIpc) is 1.66. The Morgan fingerprint density at radius 1 is 0.470 bits per heavy atom. The highest BCUT2D eigenvalue weighted by molar-refractivity contribution is 6.22. The summed E-state index contributed by atoms with van der Waals surface area (Å²) in [6.07, 6.45) is -31.4. The summed E-state index contributed by atoms with van der Waals surface area (Å²) in [5, 5.41) is 128. The number of alkyl halides is 6. The van der Waals surface area contributed by atoms with Crippen LogP contribution in [0.5, 0.6) is 0 Å². The van der Waals surface area contributed by atoms with E-state index in [-0.39, 0.29) is 101 Å². The molecule has 8 unspecified atom stereocenters. The summed E-state index contributed by atoms with van der Waals surface area (Å²) in [5.74, 6) is -8.19. The summed E-state index contributed by atoms with van der Waals surface area (Å²) in [7, 11) is 0. The normalized spacial score (nSPS) is 31.6. The van der Waals surface area contributed by atoms with Crippen LogP contribution in [0.2, 0.25) is 0 Å². The molecule has 9 rings (SSSR count). The monoisotopic (exact) mass is 1750 g/mol. The van der Waals surface area contributed by atoms with E-state index >= 15 is 0 Å². The van der Waals surface area contributed by atoms with Crippen LogP contribution in [0.4, 0.5) is 4.70 Å². The number of ether oxygens (including phenoxy) is 15. The molecule has 4 aromatic rings. The van der Waals surface area contributed by atoms with Crippen LogP contribution in [0, 0.1) is 0 Å². The maximum absolute atomic E-state index is 13.5. The summed E-state index contributed by atoms with van der Waals surface area (Å²) in [6.45, 7) is -1.85. The first kappa shape index (κ1) is 97.6. The number of unbranched alkanes of at least 4 members (excludes halogenated alkanes) is 2. The summed E-state index contributed by atoms with van der Waals surface area (Å²) in [4.78, 5) is 50.4. The summed E-state index contributed by atoms with van der Waals surface area (Å²) < 4.78 is 88.0. The van der Waals surface area contributed by atoms with Crippen molar-refractivity contribution in [1.82, 2.24) is 0 Å². The van der Waals surface area contributed by atoms with Gasteiger partial charge < -0.3 is 137 Å². The third-order valence-electron chi connectivity index (χ3n) is 19.3. The maximum atomic E-state index is 13.5. The minimum absolute atomic E-state index is 0. The van der Waals surface area contributed by atoms with Crippen LogP contribution in [0.1, 0.15) is 79.9 Å². The first-order chi connectivity index (χ1) is 54.7. The zero-order chi connectivity index (χ0) is 82.7. The number of hydrogen-bond acceptors (Lipinski definition) is 32. The molecule has 32 nitrogen and oxygen atoms in total. The minimum Gasteiger partial charge on any atom is -0.463 e. The van der Waals surface area contributed by atoms with Gasteiger partial charge in [-0.15, -0.1) is 69.6 Å². The lowest BCUT2D eigenvalue weighted by Crippen LogP contribution is -2.61. The van der Waals surface area contributed by atoms with Gasteiger partial charge in [0.25, 0.3) is 0 Å². The number of hydrogen-bond donors (Lipinski definition) is 13. The zero-order valence-electron chi connectivity index (χ0n) is 62.1. The SMILES string of the molecule is F.O=C(CCCCC(=O)OC[C@@H](O)[C@@H](O)[C@H](O)[C@H](O)CO)OCC1O[C@H](O[C@]2(CCl)O[C@H](CCl)C(O)[C@H]2O)C(O)[C@@H](O)[C@H]1Cl.O=C(CCCCC(=O)OC[C@H](OCc1ccccc1)C(OCc1ccccc1)C1O[C@H](c2ccccc2)OC[C@@H]1OCc1ccccc1)OCC1O[C@H](O[C@]2(CCl)O[C@H](CCl)C(O)[C@H]2O)C(O)[C@@H](O)[C@H]1Cl. The van der Waals surface area contributed by atoms with Gasteiger partial charge in [0.15, 0.2) is 18.9 Å². The number of benzene rings is 4. The first-order valence-electron chi connectivity index (χ1n) is 36.9. The van der Waals surface area contributed by atoms with E-state index in [1.807, 2.05) is 121 Å². The second-order valence-electron chi connectivity index (χ2n) is 27.6. The van der Waals surface area contributed by atoms with Gasteiger partial charge in [-0.3, -0.25) is 23.9 Å². The Kier molecular flexibility index (Phi) is 41.4. The van der Waals surface area contributed by atoms with Gasteiger partial charge >= 0.3 is 23.9 Å². The fourth-order valence-electron chi connectivity index (χ4n) is 12.6. The number of rotatable bonds is 42. The lowest BCUT2D eigenvalue weighted by Gasteiger charge is -2.43. The van der Waals surface area contributed by atoms with Gasteiger partial charge in [0.1, 0.15) is 149 Å². The number of halogens is 7. The second-order valence-corrected chi connectivity index (χ2v) is 29.8. The quantitative estimate of drug-likeness (QED) is 0.0131. The molecule has 27 atom stereocenters. The molecular formula is C76H101Cl6FO32. The number of aliphatic hydroxyl groups excluding tert-OH is 13. The van der Waals surface area contributed by atoms with Crippen molar-refractivity contribution < 1.29 is 161 Å². The van der Waals surface area contributed by atoms with Crippen molar-refractivity contribution in [3.63, 3.8) is 0 Å². The molecular weight excluding hydrogens is 1660 g/mol. The molecule has 646 valence electrons. The number of esters is 4. The second kappa shape index (κ2) is 48.8. The van der Waals surface area contributed by atoms with Gasteiger partial charge in [0.05, 0.1) is 67.3 Å². The fourth-order valence-corrected chi connectivity index (χ4v) is 14.2. The predicted molar refractivity (Wildman–Crippen MR) is 404 cm³/mol. The van der Waals surface area contributed by atoms with Crippen molar-refractivity contribution >= 4 is 93.5 Å². The topological polar surface area (TPSA) is 470 Å².